The van der Waals surface area contributed by atoms with E-state index in [2.05, 4.69) is 4.72 Å². The molecular weight excluding hydrogens is 288 g/mol. The number of hydrogen-bond acceptors (Lipinski definition) is 5. The third-order valence-electron chi connectivity index (χ3n) is 4.22. The molecule has 1 saturated carbocycles. The molecular formula is C11H22N2O4S2. The summed E-state index contributed by atoms with van der Waals surface area (Å²) < 4.78 is 49.6. The minimum absolute atomic E-state index is 0.0213. The van der Waals surface area contributed by atoms with E-state index in [0.717, 1.165) is 19.3 Å². The molecule has 0 amide bonds. The van der Waals surface area contributed by atoms with Crippen molar-refractivity contribution in [1.82, 2.24) is 4.72 Å². The lowest BCUT2D eigenvalue weighted by molar-refractivity contribution is 0.457. The first-order valence-electron chi connectivity index (χ1n) is 6.68. The van der Waals surface area contributed by atoms with Crippen molar-refractivity contribution in [2.75, 3.05) is 24.6 Å². The van der Waals surface area contributed by atoms with Crippen LogP contribution in [0.1, 0.15) is 32.1 Å². The minimum atomic E-state index is -3.40. The largest absolute Gasteiger partial charge is 0.330 e. The van der Waals surface area contributed by atoms with Gasteiger partial charge in [-0.25, -0.2) is 21.6 Å². The Morgan fingerprint density at radius 3 is 2.26 bits per heavy atom. The first kappa shape index (κ1) is 15.2. The van der Waals surface area contributed by atoms with Crippen LogP contribution in [-0.2, 0) is 19.9 Å². The summed E-state index contributed by atoms with van der Waals surface area (Å²) >= 11 is 0. The lowest BCUT2D eigenvalue weighted by Crippen LogP contribution is -2.42. The molecule has 1 aliphatic heterocycles. The predicted molar refractivity (Wildman–Crippen MR) is 73.9 cm³/mol. The third kappa shape index (κ3) is 3.90. The summed E-state index contributed by atoms with van der Waals surface area (Å²) in [5.41, 5.74) is 5.58. The number of sulfonamides is 1. The molecule has 0 aromatic rings. The van der Waals surface area contributed by atoms with Crippen LogP contribution >= 0.6 is 0 Å². The highest BCUT2D eigenvalue weighted by Gasteiger charge is 2.43. The van der Waals surface area contributed by atoms with Gasteiger partial charge in [-0.3, -0.25) is 0 Å². The Hall–Kier alpha value is -0.180. The van der Waals surface area contributed by atoms with Crippen LogP contribution in [0.4, 0.5) is 0 Å². The fourth-order valence-corrected chi connectivity index (χ4v) is 5.94. The van der Waals surface area contributed by atoms with Gasteiger partial charge in [-0.15, -0.1) is 0 Å². The summed E-state index contributed by atoms with van der Waals surface area (Å²) in [7, 11) is -6.42. The molecule has 3 N–H and O–H groups in total. The van der Waals surface area contributed by atoms with E-state index in [1.165, 1.54) is 0 Å². The van der Waals surface area contributed by atoms with Gasteiger partial charge in [0.2, 0.25) is 10.0 Å². The fraction of sp³-hybridized carbons (Fsp3) is 1.00. The summed E-state index contributed by atoms with van der Waals surface area (Å²) in [5, 5.41) is -0.565. The summed E-state index contributed by atoms with van der Waals surface area (Å²) in [6, 6.07) is 0. The molecule has 2 aliphatic rings. The smallest absolute Gasteiger partial charge is 0.214 e. The Kier molecular flexibility index (Phi) is 4.25. The lowest BCUT2D eigenvalue weighted by atomic mass is 10.0. The second-order valence-corrected chi connectivity index (χ2v) is 10.1. The molecule has 0 atom stereocenters. The molecule has 0 aromatic heterocycles. The van der Waals surface area contributed by atoms with Gasteiger partial charge in [-0.05, 0) is 44.1 Å². The van der Waals surface area contributed by atoms with Gasteiger partial charge in [-0.2, -0.15) is 0 Å². The van der Waals surface area contributed by atoms with E-state index in [4.69, 9.17) is 5.73 Å². The van der Waals surface area contributed by atoms with E-state index < -0.39 is 25.1 Å². The standard InChI is InChI=1S/C11H22N2O4S2/c12-6-5-11(3-4-11)9-13-19(16,17)10-1-7-18(14,15)8-2-10/h10,13H,1-9,12H2. The number of rotatable bonds is 6. The Morgan fingerprint density at radius 1 is 1.21 bits per heavy atom. The second kappa shape index (κ2) is 5.31. The van der Waals surface area contributed by atoms with Crippen molar-refractivity contribution < 1.29 is 16.8 Å². The topological polar surface area (TPSA) is 106 Å². The number of nitrogens with two attached hydrogens (primary N) is 1. The quantitative estimate of drug-likeness (QED) is 0.695. The molecule has 0 bridgehead atoms. The molecule has 8 heteroatoms. The number of nitrogens with one attached hydrogen (secondary N) is 1. The van der Waals surface area contributed by atoms with Crippen molar-refractivity contribution in [3.63, 3.8) is 0 Å². The fourth-order valence-electron chi connectivity index (χ4n) is 2.55. The highest BCUT2D eigenvalue weighted by molar-refractivity contribution is 7.92. The molecule has 6 nitrogen and oxygen atoms in total. The summed E-state index contributed by atoms with van der Waals surface area (Å²) in [5.74, 6) is -0.0426. The minimum Gasteiger partial charge on any atom is -0.330 e. The van der Waals surface area contributed by atoms with E-state index in [-0.39, 0.29) is 29.8 Å². The molecule has 0 radical (unpaired) electrons. The van der Waals surface area contributed by atoms with Crippen LogP contribution < -0.4 is 10.5 Å². The third-order valence-corrected chi connectivity index (χ3v) is 7.83. The van der Waals surface area contributed by atoms with E-state index in [0.29, 0.717) is 13.1 Å². The molecule has 0 spiro atoms. The normalized spacial score (nSPS) is 26.2. The van der Waals surface area contributed by atoms with E-state index in [1.807, 2.05) is 0 Å². The molecule has 0 aromatic carbocycles. The van der Waals surface area contributed by atoms with Gasteiger partial charge < -0.3 is 5.73 Å². The summed E-state index contributed by atoms with van der Waals surface area (Å²) in [4.78, 5) is 0. The van der Waals surface area contributed by atoms with Crippen molar-refractivity contribution >= 4 is 19.9 Å². The van der Waals surface area contributed by atoms with Crippen LogP contribution in [-0.4, -0.2) is 46.7 Å². The van der Waals surface area contributed by atoms with Crippen LogP contribution in [0, 0.1) is 5.41 Å². The maximum atomic E-state index is 12.1. The molecule has 1 saturated heterocycles. The van der Waals surface area contributed by atoms with Crippen LogP contribution in [0.2, 0.25) is 0 Å². The zero-order chi connectivity index (χ0) is 14.1. The monoisotopic (exact) mass is 310 g/mol. The molecule has 19 heavy (non-hydrogen) atoms. The first-order valence-corrected chi connectivity index (χ1v) is 10.0. The maximum Gasteiger partial charge on any atom is 0.214 e. The van der Waals surface area contributed by atoms with Gasteiger partial charge in [0.25, 0.3) is 0 Å². The van der Waals surface area contributed by atoms with E-state index in [1.54, 1.807) is 0 Å². The molecule has 1 heterocycles. The number of sulfone groups is 1. The van der Waals surface area contributed by atoms with E-state index >= 15 is 0 Å². The van der Waals surface area contributed by atoms with Crippen molar-refractivity contribution in [3.8, 4) is 0 Å². The van der Waals surface area contributed by atoms with Gasteiger partial charge in [-0.1, -0.05) is 0 Å². The zero-order valence-electron chi connectivity index (χ0n) is 11.0. The van der Waals surface area contributed by atoms with Gasteiger partial charge in [0.1, 0.15) is 9.84 Å². The Morgan fingerprint density at radius 2 is 1.79 bits per heavy atom. The highest BCUT2D eigenvalue weighted by Crippen LogP contribution is 2.47. The van der Waals surface area contributed by atoms with Crippen molar-refractivity contribution in [2.24, 2.45) is 11.1 Å². The van der Waals surface area contributed by atoms with Crippen LogP contribution in [0.5, 0.6) is 0 Å². The van der Waals surface area contributed by atoms with Gasteiger partial charge in [0, 0.05) is 6.54 Å². The average Bonchev–Trinajstić information content (AvgIpc) is 3.07. The Balaban J connectivity index is 1.89. The zero-order valence-corrected chi connectivity index (χ0v) is 12.6. The predicted octanol–water partition coefficient (Wildman–Crippen LogP) is -0.388. The number of hydrogen-bond donors (Lipinski definition) is 2. The summed E-state index contributed by atoms with van der Waals surface area (Å²) in [6.45, 7) is 1.01. The lowest BCUT2D eigenvalue weighted by Gasteiger charge is -2.23. The van der Waals surface area contributed by atoms with E-state index in [9.17, 15) is 16.8 Å². The Labute approximate surface area is 115 Å². The van der Waals surface area contributed by atoms with Gasteiger partial charge in [0.05, 0.1) is 16.8 Å². The molecule has 2 fully saturated rings. The Bertz CT molecular complexity index is 509. The van der Waals surface area contributed by atoms with Crippen LogP contribution in [0.3, 0.4) is 0 Å². The highest BCUT2D eigenvalue weighted by atomic mass is 32.2. The van der Waals surface area contributed by atoms with Gasteiger partial charge in [0.15, 0.2) is 0 Å². The van der Waals surface area contributed by atoms with Crippen molar-refractivity contribution in [1.29, 1.82) is 0 Å². The van der Waals surface area contributed by atoms with Crippen LogP contribution in [0.15, 0.2) is 0 Å². The average molecular weight is 310 g/mol. The molecule has 1 aliphatic carbocycles. The summed E-state index contributed by atoms with van der Waals surface area (Å²) in [6.07, 6.45) is 3.30. The van der Waals surface area contributed by atoms with Crippen molar-refractivity contribution in [2.45, 2.75) is 37.4 Å². The first-order chi connectivity index (χ1) is 8.79. The molecule has 0 unspecified atom stereocenters. The molecule has 112 valence electrons. The SMILES string of the molecule is NCCC1(CNS(=O)(=O)C2CCS(=O)(=O)CC2)CC1. The van der Waals surface area contributed by atoms with Crippen molar-refractivity contribution in [3.05, 3.63) is 0 Å². The maximum absolute atomic E-state index is 12.1. The van der Waals surface area contributed by atoms with Gasteiger partial charge >= 0.3 is 0 Å². The van der Waals surface area contributed by atoms with Crippen LogP contribution in [0.25, 0.3) is 0 Å². The molecule has 2 rings (SSSR count). The second-order valence-electron chi connectivity index (χ2n) is 5.76.